The molecule has 3 saturated carbocycles. The summed E-state index contributed by atoms with van der Waals surface area (Å²) in [6, 6.07) is 6.83. The van der Waals surface area contributed by atoms with Crippen molar-refractivity contribution in [2.45, 2.75) is 65.4 Å². The number of anilines is 1. The van der Waals surface area contributed by atoms with E-state index in [0.717, 1.165) is 32.1 Å². The third-order valence-corrected chi connectivity index (χ3v) is 8.51. The number of nitrogens with zero attached hydrogens (tertiary/aromatic N) is 1. The molecule has 0 aromatic heterocycles. The van der Waals surface area contributed by atoms with Gasteiger partial charge in [-0.2, -0.15) is 0 Å². The number of fused-ring (bicyclic) bond motifs is 5. The average Bonchev–Trinajstić information content (AvgIpc) is 3.42. The van der Waals surface area contributed by atoms with Crippen LogP contribution in [-0.2, 0) is 14.3 Å². The predicted octanol–water partition coefficient (Wildman–Crippen LogP) is 4.84. The summed E-state index contributed by atoms with van der Waals surface area (Å²) in [4.78, 5) is 40.2. The Morgan fingerprint density at radius 3 is 2.13 bits per heavy atom. The zero-order valence-corrected chi connectivity index (χ0v) is 18.8. The summed E-state index contributed by atoms with van der Waals surface area (Å²) in [5.74, 6) is 1.53. The van der Waals surface area contributed by atoms with Crippen molar-refractivity contribution >= 4 is 23.5 Å². The van der Waals surface area contributed by atoms with Crippen molar-refractivity contribution < 1.29 is 19.1 Å². The molecule has 0 N–H and O–H groups in total. The van der Waals surface area contributed by atoms with Crippen molar-refractivity contribution in [3.8, 4) is 0 Å². The van der Waals surface area contributed by atoms with E-state index in [1.165, 1.54) is 11.3 Å². The van der Waals surface area contributed by atoms with Gasteiger partial charge >= 0.3 is 5.97 Å². The number of esters is 1. The maximum absolute atomic E-state index is 13.0. The van der Waals surface area contributed by atoms with Gasteiger partial charge in [-0.15, -0.1) is 0 Å². The molecule has 0 spiro atoms. The second-order valence-electron chi connectivity index (χ2n) is 10.7. The van der Waals surface area contributed by atoms with Crippen molar-refractivity contribution in [2.75, 3.05) is 4.90 Å². The fraction of sp³-hybridized carbons (Fsp3) is 0.654. The van der Waals surface area contributed by atoms with E-state index >= 15 is 0 Å². The molecule has 1 aromatic carbocycles. The molecule has 1 aromatic rings. The summed E-state index contributed by atoms with van der Waals surface area (Å²) in [6.45, 7) is 6.61. The lowest BCUT2D eigenvalue weighted by Crippen LogP contribution is -2.36. The maximum Gasteiger partial charge on any atom is 0.338 e. The van der Waals surface area contributed by atoms with Gasteiger partial charge in [-0.25, -0.2) is 4.79 Å². The van der Waals surface area contributed by atoms with Crippen LogP contribution in [0.2, 0.25) is 0 Å². The molecule has 31 heavy (non-hydrogen) atoms. The van der Waals surface area contributed by atoms with E-state index in [9.17, 15) is 14.4 Å². The Bertz CT molecular complexity index is 863. The van der Waals surface area contributed by atoms with Gasteiger partial charge < -0.3 is 4.74 Å². The lowest BCUT2D eigenvalue weighted by molar-refractivity contribution is -0.123. The summed E-state index contributed by atoms with van der Waals surface area (Å²) >= 11 is 0. The number of carbonyl (C=O) groups is 3. The molecule has 3 aliphatic carbocycles. The molecule has 166 valence electrons. The molecule has 2 amide bonds. The first kappa shape index (κ1) is 20.7. The number of ether oxygens (including phenoxy) is 1. The van der Waals surface area contributed by atoms with Gasteiger partial charge in [-0.3, -0.25) is 14.5 Å². The number of benzene rings is 1. The molecule has 7 atom stereocenters. The van der Waals surface area contributed by atoms with E-state index in [1.807, 2.05) is 0 Å². The summed E-state index contributed by atoms with van der Waals surface area (Å²) in [6.07, 6.45) is 6.32. The molecular weight excluding hydrogens is 390 g/mol. The first-order chi connectivity index (χ1) is 14.8. The second-order valence-corrected chi connectivity index (χ2v) is 10.7. The standard InChI is InChI=1S/C26H33NO4/c1-14(2)20-11-4-15(3)12-21(20)31-26(30)16-7-9-19(10-8-16)27-24(28)22-17-5-6-18(13-17)23(22)25(27)29/h7-10,14-15,17-18,20-23H,4-6,11-13H2,1-3H3/t15-,17+,18+,20-,21-,22-,23+/m1/s1. The zero-order valence-electron chi connectivity index (χ0n) is 18.8. The highest BCUT2D eigenvalue weighted by atomic mass is 16.5. The van der Waals surface area contributed by atoms with Crippen LogP contribution in [-0.4, -0.2) is 23.9 Å². The Morgan fingerprint density at radius 2 is 1.55 bits per heavy atom. The van der Waals surface area contributed by atoms with Crippen LogP contribution in [0.15, 0.2) is 24.3 Å². The second kappa shape index (κ2) is 7.75. The fourth-order valence-corrected chi connectivity index (χ4v) is 6.87. The van der Waals surface area contributed by atoms with Crippen molar-refractivity contribution in [2.24, 2.45) is 41.4 Å². The van der Waals surface area contributed by atoms with Gasteiger partial charge in [0.15, 0.2) is 0 Å². The number of imide groups is 1. The topological polar surface area (TPSA) is 63.7 Å². The predicted molar refractivity (Wildman–Crippen MR) is 117 cm³/mol. The van der Waals surface area contributed by atoms with Gasteiger partial charge in [-0.1, -0.05) is 27.2 Å². The molecule has 1 heterocycles. The van der Waals surface area contributed by atoms with E-state index in [0.29, 0.717) is 40.8 Å². The summed E-state index contributed by atoms with van der Waals surface area (Å²) < 4.78 is 5.94. The molecule has 0 radical (unpaired) electrons. The number of hydrogen-bond acceptors (Lipinski definition) is 4. The Labute approximate surface area is 184 Å². The summed E-state index contributed by atoms with van der Waals surface area (Å²) in [5.41, 5.74) is 1.05. The van der Waals surface area contributed by atoms with E-state index in [-0.39, 0.29) is 35.7 Å². The number of amides is 2. The normalized spacial score (nSPS) is 36.9. The highest BCUT2D eigenvalue weighted by Crippen LogP contribution is 2.56. The van der Waals surface area contributed by atoms with E-state index in [4.69, 9.17) is 4.74 Å². The first-order valence-corrected chi connectivity index (χ1v) is 12.0. The molecule has 2 bridgehead atoms. The fourth-order valence-electron chi connectivity index (χ4n) is 6.87. The Balaban J connectivity index is 1.29. The van der Waals surface area contributed by atoms with E-state index in [2.05, 4.69) is 20.8 Å². The van der Waals surface area contributed by atoms with Gasteiger partial charge in [0.25, 0.3) is 0 Å². The van der Waals surface area contributed by atoms with Gasteiger partial charge in [0, 0.05) is 0 Å². The Hall–Kier alpha value is -2.17. The smallest absolute Gasteiger partial charge is 0.338 e. The van der Waals surface area contributed by atoms with Gasteiger partial charge in [0.05, 0.1) is 23.1 Å². The molecule has 5 nitrogen and oxygen atoms in total. The van der Waals surface area contributed by atoms with Crippen LogP contribution in [0.5, 0.6) is 0 Å². The molecule has 1 saturated heterocycles. The van der Waals surface area contributed by atoms with Gasteiger partial charge in [0.2, 0.25) is 11.8 Å². The van der Waals surface area contributed by atoms with E-state index in [1.54, 1.807) is 24.3 Å². The average molecular weight is 424 g/mol. The van der Waals surface area contributed by atoms with Crippen LogP contribution in [0.1, 0.15) is 69.7 Å². The number of rotatable bonds is 4. The minimum atomic E-state index is -0.315. The van der Waals surface area contributed by atoms with Crippen molar-refractivity contribution in [3.63, 3.8) is 0 Å². The Kier molecular flexibility index (Phi) is 5.18. The SMILES string of the molecule is CC(C)[C@H]1CC[C@@H](C)C[C@H]1OC(=O)c1ccc(N2C(=O)[C@@H]3[C@H]4CC[C@@H](C4)[C@@H]3C2=O)cc1. The van der Waals surface area contributed by atoms with Crippen LogP contribution in [0, 0.1) is 41.4 Å². The first-order valence-electron chi connectivity index (χ1n) is 12.0. The van der Waals surface area contributed by atoms with Crippen molar-refractivity contribution in [3.05, 3.63) is 29.8 Å². The summed E-state index contributed by atoms with van der Waals surface area (Å²) in [5, 5.41) is 0. The zero-order chi connectivity index (χ0) is 21.9. The number of hydrogen-bond donors (Lipinski definition) is 0. The lowest BCUT2D eigenvalue weighted by Gasteiger charge is -2.36. The molecule has 4 aliphatic rings. The number of carbonyl (C=O) groups excluding carboxylic acids is 3. The third-order valence-electron chi connectivity index (χ3n) is 8.51. The molecule has 4 fully saturated rings. The molecule has 0 unspecified atom stereocenters. The molecule has 1 aliphatic heterocycles. The lowest BCUT2D eigenvalue weighted by atomic mass is 9.75. The van der Waals surface area contributed by atoms with Crippen LogP contribution in [0.25, 0.3) is 0 Å². The van der Waals surface area contributed by atoms with Crippen molar-refractivity contribution in [1.82, 2.24) is 0 Å². The van der Waals surface area contributed by atoms with Crippen LogP contribution in [0.4, 0.5) is 5.69 Å². The van der Waals surface area contributed by atoms with Crippen LogP contribution < -0.4 is 4.90 Å². The van der Waals surface area contributed by atoms with Crippen molar-refractivity contribution in [1.29, 1.82) is 0 Å². The van der Waals surface area contributed by atoms with Gasteiger partial charge in [0.1, 0.15) is 6.10 Å². The largest absolute Gasteiger partial charge is 0.458 e. The van der Waals surface area contributed by atoms with Crippen LogP contribution in [0.3, 0.4) is 0 Å². The molecule has 5 rings (SSSR count). The molecular formula is C26H33NO4. The van der Waals surface area contributed by atoms with Crippen LogP contribution >= 0.6 is 0 Å². The minimum absolute atomic E-state index is 0.0477. The highest BCUT2D eigenvalue weighted by Gasteiger charge is 2.61. The quantitative estimate of drug-likeness (QED) is 0.513. The van der Waals surface area contributed by atoms with E-state index < -0.39 is 0 Å². The monoisotopic (exact) mass is 423 g/mol. The summed E-state index contributed by atoms with van der Waals surface area (Å²) in [7, 11) is 0. The minimum Gasteiger partial charge on any atom is -0.458 e. The maximum atomic E-state index is 13.0. The highest BCUT2D eigenvalue weighted by molar-refractivity contribution is 6.22. The molecule has 5 heteroatoms. The third kappa shape index (κ3) is 3.41. The van der Waals surface area contributed by atoms with Gasteiger partial charge in [-0.05, 0) is 86.0 Å². The Morgan fingerprint density at radius 1 is 0.935 bits per heavy atom.